The normalized spacial score (nSPS) is 14.8. The molecule has 0 spiro atoms. The third kappa shape index (κ3) is 1.76. The lowest BCUT2D eigenvalue weighted by molar-refractivity contribution is 0.111. The van der Waals surface area contributed by atoms with E-state index in [2.05, 4.69) is 38.3 Å². The number of hydrogen-bond donors (Lipinski definition) is 0. The number of benzene rings is 1. The van der Waals surface area contributed by atoms with Gasteiger partial charge in [0.2, 0.25) is 5.89 Å². The first-order valence-electron chi connectivity index (χ1n) is 5.02. The number of nitrogens with zero attached hydrogens (tertiary/aromatic N) is 2. The van der Waals surface area contributed by atoms with E-state index < -0.39 is 0 Å². The van der Waals surface area contributed by atoms with Gasteiger partial charge < -0.3 is 9.15 Å². The zero-order valence-electron chi connectivity index (χ0n) is 8.44. The Bertz CT molecular complexity index is 524. The molecule has 4 nitrogen and oxygen atoms in total. The highest BCUT2D eigenvalue weighted by atomic mass is 79.9. The highest BCUT2D eigenvalue weighted by Gasteiger charge is 2.13. The molecule has 0 atom stereocenters. The molecule has 2 heterocycles. The zero-order valence-corrected chi connectivity index (χ0v) is 10.0. The van der Waals surface area contributed by atoms with Gasteiger partial charge in [0, 0.05) is 21.5 Å². The van der Waals surface area contributed by atoms with Gasteiger partial charge in [0.1, 0.15) is 0 Å². The fourth-order valence-electron chi connectivity index (χ4n) is 1.82. The lowest BCUT2D eigenvalue weighted by Crippen LogP contribution is -2.09. The molecule has 0 radical (unpaired) electrons. The Labute approximate surface area is 101 Å². The molecular weight excluding hydrogens is 272 g/mol. The van der Waals surface area contributed by atoms with E-state index in [-0.39, 0.29) is 0 Å². The van der Waals surface area contributed by atoms with Crippen LogP contribution in [0.15, 0.2) is 27.4 Å². The van der Waals surface area contributed by atoms with Gasteiger partial charge in [-0.2, -0.15) is 0 Å². The molecule has 0 N–H and O–H groups in total. The molecule has 1 aliphatic rings. The topological polar surface area (TPSA) is 48.2 Å². The van der Waals surface area contributed by atoms with Crippen LogP contribution < -0.4 is 0 Å². The molecule has 0 aliphatic carbocycles. The predicted molar refractivity (Wildman–Crippen MR) is 60.8 cm³/mol. The van der Waals surface area contributed by atoms with Crippen LogP contribution in [0.4, 0.5) is 0 Å². The van der Waals surface area contributed by atoms with E-state index in [4.69, 9.17) is 9.15 Å². The van der Waals surface area contributed by atoms with E-state index in [9.17, 15) is 0 Å². The van der Waals surface area contributed by atoms with Crippen LogP contribution in [0.1, 0.15) is 11.1 Å². The number of halogens is 1. The molecule has 1 aromatic heterocycles. The second-order valence-electron chi connectivity index (χ2n) is 3.65. The highest BCUT2D eigenvalue weighted by molar-refractivity contribution is 9.10. The maximum atomic E-state index is 5.39. The van der Waals surface area contributed by atoms with Gasteiger partial charge in [-0.15, -0.1) is 10.2 Å². The molecule has 0 saturated heterocycles. The minimum Gasteiger partial charge on any atom is -0.411 e. The summed E-state index contributed by atoms with van der Waals surface area (Å²) in [5.41, 5.74) is 3.51. The summed E-state index contributed by atoms with van der Waals surface area (Å²) in [4.78, 5) is 0.406. The first kappa shape index (κ1) is 9.99. The number of aromatic nitrogens is 2. The van der Waals surface area contributed by atoms with Crippen LogP contribution in [-0.4, -0.2) is 16.8 Å². The molecule has 0 saturated carbocycles. The van der Waals surface area contributed by atoms with Crippen molar-refractivity contribution in [1.82, 2.24) is 10.2 Å². The molecule has 1 aromatic carbocycles. The summed E-state index contributed by atoms with van der Waals surface area (Å²) in [7, 11) is 0. The van der Waals surface area contributed by atoms with Gasteiger partial charge in [-0.05, 0) is 29.7 Å². The SMILES string of the molecule is Brc1nnc(-c2ccc3c(c2)CCOC3)o1. The molecule has 0 unspecified atom stereocenters. The van der Waals surface area contributed by atoms with Gasteiger partial charge in [0.15, 0.2) is 0 Å². The van der Waals surface area contributed by atoms with Gasteiger partial charge in [-0.25, -0.2) is 0 Å². The molecule has 2 aromatic rings. The Balaban J connectivity index is 2.02. The maximum Gasteiger partial charge on any atom is 0.285 e. The molecule has 5 heteroatoms. The second-order valence-corrected chi connectivity index (χ2v) is 4.32. The molecule has 82 valence electrons. The Kier molecular flexibility index (Phi) is 2.49. The molecule has 0 bridgehead atoms. The maximum absolute atomic E-state index is 5.39. The van der Waals surface area contributed by atoms with Gasteiger partial charge in [-0.3, -0.25) is 0 Å². The summed E-state index contributed by atoms with van der Waals surface area (Å²) in [6, 6.07) is 6.13. The van der Waals surface area contributed by atoms with E-state index in [1.807, 2.05) is 6.07 Å². The first-order chi connectivity index (χ1) is 7.83. The van der Waals surface area contributed by atoms with Gasteiger partial charge in [-0.1, -0.05) is 6.07 Å². The fourth-order valence-corrected chi connectivity index (χ4v) is 2.05. The minimum absolute atomic E-state index is 0.406. The number of hydrogen-bond acceptors (Lipinski definition) is 4. The van der Waals surface area contributed by atoms with Gasteiger partial charge in [0.25, 0.3) is 4.80 Å². The Hall–Kier alpha value is -1.20. The number of rotatable bonds is 1. The minimum atomic E-state index is 0.406. The van der Waals surface area contributed by atoms with Crippen molar-refractivity contribution < 1.29 is 9.15 Å². The zero-order chi connectivity index (χ0) is 11.0. The van der Waals surface area contributed by atoms with Gasteiger partial charge in [0.05, 0.1) is 13.2 Å². The molecule has 16 heavy (non-hydrogen) atoms. The number of ether oxygens (including phenoxy) is 1. The van der Waals surface area contributed by atoms with Crippen LogP contribution in [0, 0.1) is 0 Å². The fraction of sp³-hybridized carbons (Fsp3) is 0.273. The first-order valence-corrected chi connectivity index (χ1v) is 5.81. The van der Waals surface area contributed by atoms with Crippen LogP contribution in [0.5, 0.6) is 0 Å². The summed E-state index contributed by atoms with van der Waals surface area (Å²) in [6.45, 7) is 1.48. The average molecular weight is 281 g/mol. The van der Waals surface area contributed by atoms with Crippen molar-refractivity contribution in [3.63, 3.8) is 0 Å². The highest BCUT2D eigenvalue weighted by Crippen LogP contribution is 2.25. The Morgan fingerprint density at radius 2 is 2.12 bits per heavy atom. The molecular formula is C11H9BrN2O2. The lowest BCUT2D eigenvalue weighted by Gasteiger charge is -2.16. The van der Waals surface area contributed by atoms with Crippen LogP contribution in [0.2, 0.25) is 0 Å². The standard InChI is InChI=1S/C11H9BrN2O2/c12-11-14-13-10(16-11)8-1-2-9-6-15-4-3-7(9)5-8/h1-2,5H,3-4,6H2. The van der Waals surface area contributed by atoms with E-state index >= 15 is 0 Å². The molecule has 0 fully saturated rings. The van der Waals surface area contributed by atoms with Gasteiger partial charge >= 0.3 is 0 Å². The van der Waals surface area contributed by atoms with Crippen LogP contribution in [0.3, 0.4) is 0 Å². The summed E-state index contributed by atoms with van der Waals surface area (Å²) < 4.78 is 10.7. The van der Waals surface area contributed by atoms with Crippen LogP contribution in [0.25, 0.3) is 11.5 Å². The lowest BCUT2D eigenvalue weighted by atomic mass is 10.0. The summed E-state index contributed by atoms with van der Waals surface area (Å²) >= 11 is 3.14. The van der Waals surface area contributed by atoms with Crippen molar-refractivity contribution in [1.29, 1.82) is 0 Å². The molecule has 3 rings (SSSR count). The van der Waals surface area contributed by atoms with Crippen LogP contribution in [-0.2, 0) is 17.8 Å². The third-order valence-electron chi connectivity index (χ3n) is 2.63. The van der Waals surface area contributed by atoms with Crippen molar-refractivity contribution in [2.45, 2.75) is 13.0 Å². The molecule has 0 amide bonds. The Morgan fingerprint density at radius 3 is 2.94 bits per heavy atom. The van der Waals surface area contributed by atoms with Crippen molar-refractivity contribution in [2.24, 2.45) is 0 Å². The third-order valence-corrected chi connectivity index (χ3v) is 2.95. The van der Waals surface area contributed by atoms with E-state index in [1.165, 1.54) is 11.1 Å². The van der Waals surface area contributed by atoms with Crippen molar-refractivity contribution >= 4 is 15.9 Å². The summed E-state index contributed by atoms with van der Waals surface area (Å²) in [6.07, 6.45) is 0.943. The second kappa shape index (κ2) is 3.99. The van der Waals surface area contributed by atoms with E-state index in [0.29, 0.717) is 17.3 Å². The smallest absolute Gasteiger partial charge is 0.285 e. The monoisotopic (exact) mass is 280 g/mol. The predicted octanol–water partition coefficient (Wildman–Crippen LogP) is 2.57. The number of fused-ring (bicyclic) bond motifs is 1. The largest absolute Gasteiger partial charge is 0.411 e. The van der Waals surface area contributed by atoms with Crippen molar-refractivity contribution in [3.8, 4) is 11.5 Å². The van der Waals surface area contributed by atoms with Crippen LogP contribution >= 0.6 is 15.9 Å². The summed E-state index contributed by atoms with van der Waals surface area (Å²) in [5, 5.41) is 7.72. The van der Waals surface area contributed by atoms with Crippen molar-refractivity contribution in [2.75, 3.05) is 6.61 Å². The molecule has 1 aliphatic heterocycles. The Morgan fingerprint density at radius 1 is 1.19 bits per heavy atom. The van der Waals surface area contributed by atoms with E-state index in [0.717, 1.165) is 18.6 Å². The van der Waals surface area contributed by atoms with Crippen molar-refractivity contribution in [3.05, 3.63) is 34.1 Å². The summed E-state index contributed by atoms with van der Waals surface area (Å²) in [5.74, 6) is 0.543. The average Bonchev–Trinajstić information content (AvgIpc) is 2.75. The van der Waals surface area contributed by atoms with E-state index in [1.54, 1.807) is 0 Å². The quantitative estimate of drug-likeness (QED) is 0.806.